The molecule has 1 aromatic heterocycles. The Morgan fingerprint density at radius 1 is 1.44 bits per heavy atom. The Bertz CT molecular complexity index is 476. The highest BCUT2D eigenvalue weighted by Gasteiger charge is 2.22. The summed E-state index contributed by atoms with van der Waals surface area (Å²) in [5.74, 6) is 0.192. The van der Waals surface area contributed by atoms with Crippen LogP contribution in [0.3, 0.4) is 0 Å². The van der Waals surface area contributed by atoms with Crippen LogP contribution in [0.1, 0.15) is 13.8 Å². The minimum atomic E-state index is -3.52. The van der Waals surface area contributed by atoms with Crippen LogP contribution in [-0.4, -0.2) is 44.0 Å². The van der Waals surface area contributed by atoms with Crippen molar-refractivity contribution >= 4 is 15.8 Å². The second-order valence-electron chi connectivity index (χ2n) is 3.61. The molecule has 1 aromatic rings. The first-order valence-electron chi connectivity index (χ1n) is 5.81. The number of pyridine rings is 1. The molecule has 7 heteroatoms. The van der Waals surface area contributed by atoms with E-state index >= 15 is 0 Å². The van der Waals surface area contributed by atoms with Crippen molar-refractivity contribution in [2.75, 3.05) is 32.0 Å². The SMILES string of the molecule is CCOCCN(CC)S(=O)(=O)c1ccnc(N)c1. The Labute approximate surface area is 108 Å². The smallest absolute Gasteiger partial charge is 0.243 e. The summed E-state index contributed by atoms with van der Waals surface area (Å²) in [5, 5.41) is 0. The summed E-state index contributed by atoms with van der Waals surface area (Å²) in [6.45, 7) is 5.32. The van der Waals surface area contributed by atoms with Crippen molar-refractivity contribution < 1.29 is 13.2 Å². The number of sulfonamides is 1. The Hall–Kier alpha value is -1.18. The summed E-state index contributed by atoms with van der Waals surface area (Å²) in [6.07, 6.45) is 1.39. The van der Waals surface area contributed by atoms with Crippen LogP contribution in [0.5, 0.6) is 0 Å². The Morgan fingerprint density at radius 3 is 2.72 bits per heavy atom. The standard InChI is InChI=1S/C11H19N3O3S/c1-3-14(7-8-17-4-2)18(15,16)10-5-6-13-11(12)9-10/h5-6,9H,3-4,7-8H2,1-2H3,(H2,12,13). The van der Waals surface area contributed by atoms with Crippen molar-refractivity contribution in [3.63, 3.8) is 0 Å². The van der Waals surface area contributed by atoms with Gasteiger partial charge in [-0.1, -0.05) is 6.92 Å². The van der Waals surface area contributed by atoms with E-state index in [0.29, 0.717) is 26.3 Å². The number of hydrogen-bond acceptors (Lipinski definition) is 5. The third kappa shape index (κ3) is 3.66. The maximum absolute atomic E-state index is 12.3. The van der Waals surface area contributed by atoms with E-state index in [1.807, 2.05) is 6.92 Å². The Kier molecular flexibility index (Phi) is 5.52. The molecule has 0 aliphatic heterocycles. The molecule has 0 saturated heterocycles. The van der Waals surface area contributed by atoms with Crippen LogP contribution >= 0.6 is 0 Å². The van der Waals surface area contributed by atoms with E-state index in [0.717, 1.165) is 0 Å². The molecule has 0 fully saturated rings. The second-order valence-corrected chi connectivity index (χ2v) is 5.55. The maximum atomic E-state index is 12.3. The van der Waals surface area contributed by atoms with Gasteiger partial charge in [0.2, 0.25) is 10.0 Å². The molecule has 2 N–H and O–H groups in total. The monoisotopic (exact) mass is 273 g/mol. The third-order valence-electron chi connectivity index (χ3n) is 2.43. The van der Waals surface area contributed by atoms with Gasteiger partial charge >= 0.3 is 0 Å². The fraction of sp³-hybridized carbons (Fsp3) is 0.545. The van der Waals surface area contributed by atoms with E-state index in [1.165, 1.54) is 22.6 Å². The molecule has 0 bridgehead atoms. The molecule has 0 aromatic carbocycles. The first-order chi connectivity index (χ1) is 8.52. The highest BCUT2D eigenvalue weighted by atomic mass is 32.2. The van der Waals surface area contributed by atoms with Crippen molar-refractivity contribution in [3.05, 3.63) is 18.3 Å². The number of ether oxygens (including phenoxy) is 1. The lowest BCUT2D eigenvalue weighted by Gasteiger charge is -2.20. The molecule has 0 aliphatic rings. The zero-order valence-electron chi connectivity index (χ0n) is 10.7. The van der Waals surface area contributed by atoms with Crippen molar-refractivity contribution in [1.29, 1.82) is 0 Å². The number of rotatable bonds is 7. The molecule has 6 nitrogen and oxygen atoms in total. The first-order valence-corrected chi connectivity index (χ1v) is 7.25. The van der Waals surface area contributed by atoms with Crippen molar-refractivity contribution in [2.45, 2.75) is 18.7 Å². The quantitative estimate of drug-likeness (QED) is 0.739. The average molecular weight is 273 g/mol. The van der Waals surface area contributed by atoms with Gasteiger partial charge in [-0.3, -0.25) is 0 Å². The van der Waals surface area contributed by atoms with Crippen LogP contribution in [0.4, 0.5) is 5.82 Å². The van der Waals surface area contributed by atoms with E-state index in [9.17, 15) is 8.42 Å². The summed E-state index contributed by atoms with van der Waals surface area (Å²) in [6, 6.07) is 2.80. The molecule has 1 rings (SSSR count). The van der Waals surface area contributed by atoms with Crippen LogP contribution in [0.2, 0.25) is 0 Å². The van der Waals surface area contributed by atoms with Gasteiger partial charge in [-0.15, -0.1) is 0 Å². The molecular formula is C11H19N3O3S. The highest BCUT2D eigenvalue weighted by Crippen LogP contribution is 2.16. The minimum absolute atomic E-state index is 0.161. The van der Waals surface area contributed by atoms with Gasteiger partial charge in [-0.25, -0.2) is 13.4 Å². The van der Waals surface area contributed by atoms with Gasteiger partial charge in [0, 0.05) is 32.0 Å². The molecule has 0 spiro atoms. The lowest BCUT2D eigenvalue weighted by Crippen LogP contribution is -2.34. The summed E-state index contributed by atoms with van der Waals surface area (Å²) >= 11 is 0. The van der Waals surface area contributed by atoms with Gasteiger partial charge in [0.05, 0.1) is 11.5 Å². The van der Waals surface area contributed by atoms with Crippen LogP contribution in [0.25, 0.3) is 0 Å². The molecule has 0 aliphatic carbocycles. The molecule has 0 amide bonds. The van der Waals surface area contributed by atoms with E-state index < -0.39 is 10.0 Å². The van der Waals surface area contributed by atoms with Gasteiger partial charge in [0.1, 0.15) is 5.82 Å². The molecule has 0 radical (unpaired) electrons. The average Bonchev–Trinajstić information content (AvgIpc) is 2.34. The lowest BCUT2D eigenvalue weighted by molar-refractivity contribution is 0.135. The molecule has 0 unspecified atom stereocenters. The largest absolute Gasteiger partial charge is 0.384 e. The summed E-state index contributed by atoms with van der Waals surface area (Å²) in [5.41, 5.74) is 5.50. The van der Waals surface area contributed by atoms with Crippen molar-refractivity contribution in [3.8, 4) is 0 Å². The van der Waals surface area contributed by atoms with Gasteiger partial charge in [0.15, 0.2) is 0 Å². The van der Waals surface area contributed by atoms with Crippen LogP contribution in [0, 0.1) is 0 Å². The third-order valence-corrected chi connectivity index (χ3v) is 4.40. The van der Waals surface area contributed by atoms with Crippen LogP contribution in [0.15, 0.2) is 23.2 Å². The van der Waals surface area contributed by atoms with E-state index in [-0.39, 0.29) is 10.7 Å². The van der Waals surface area contributed by atoms with Gasteiger partial charge < -0.3 is 10.5 Å². The predicted octanol–water partition coefficient (Wildman–Crippen LogP) is 0.711. The normalized spacial score (nSPS) is 11.9. The number of likely N-dealkylation sites (N-methyl/N-ethyl adjacent to an activating group) is 1. The Balaban J connectivity index is 2.89. The fourth-order valence-corrected chi connectivity index (χ4v) is 2.95. The zero-order valence-corrected chi connectivity index (χ0v) is 11.5. The predicted molar refractivity (Wildman–Crippen MR) is 69.6 cm³/mol. The summed E-state index contributed by atoms with van der Waals surface area (Å²) in [4.78, 5) is 3.94. The molecule has 18 heavy (non-hydrogen) atoms. The van der Waals surface area contributed by atoms with Gasteiger partial charge in [-0.2, -0.15) is 4.31 Å². The molecule has 1 heterocycles. The molecule has 0 atom stereocenters. The number of nitrogen functional groups attached to an aromatic ring is 1. The van der Waals surface area contributed by atoms with E-state index in [1.54, 1.807) is 6.92 Å². The lowest BCUT2D eigenvalue weighted by atomic mass is 10.5. The Morgan fingerprint density at radius 2 is 2.17 bits per heavy atom. The van der Waals surface area contributed by atoms with Gasteiger partial charge in [0.25, 0.3) is 0 Å². The first kappa shape index (κ1) is 14.9. The van der Waals surface area contributed by atoms with Gasteiger partial charge in [-0.05, 0) is 13.0 Å². The molecule has 0 saturated carbocycles. The number of nitrogens with two attached hydrogens (primary N) is 1. The fourth-order valence-electron chi connectivity index (χ4n) is 1.50. The summed E-state index contributed by atoms with van der Waals surface area (Å²) in [7, 11) is -3.52. The van der Waals surface area contributed by atoms with E-state index in [2.05, 4.69) is 4.98 Å². The number of aromatic nitrogens is 1. The van der Waals surface area contributed by atoms with Crippen LogP contribution < -0.4 is 5.73 Å². The second kappa shape index (κ2) is 6.67. The number of hydrogen-bond donors (Lipinski definition) is 1. The van der Waals surface area contributed by atoms with Crippen molar-refractivity contribution in [2.24, 2.45) is 0 Å². The number of nitrogens with zero attached hydrogens (tertiary/aromatic N) is 2. The minimum Gasteiger partial charge on any atom is -0.384 e. The molecule has 102 valence electrons. The maximum Gasteiger partial charge on any atom is 0.243 e. The highest BCUT2D eigenvalue weighted by molar-refractivity contribution is 7.89. The number of anilines is 1. The molecular weight excluding hydrogens is 254 g/mol. The summed E-state index contributed by atoms with van der Waals surface area (Å²) < 4.78 is 31.1. The van der Waals surface area contributed by atoms with Crippen LogP contribution in [-0.2, 0) is 14.8 Å². The van der Waals surface area contributed by atoms with Crippen molar-refractivity contribution in [1.82, 2.24) is 9.29 Å². The van der Waals surface area contributed by atoms with E-state index in [4.69, 9.17) is 10.5 Å². The topological polar surface area (TPSA) is 85.5 Å². The zero-order chi connectivity index (χ0) is 13.6.